The van der Waals surface area contributed by atoms with Crippen LogP contribution >= 0.6 is 0 Å². The number of rotatable bonds is 7. The molecule has 1 aliphatic rings. The van der Waals surface area contributed by atoms with Crippen LogP contribution in [0.5, 0.6) is 5.75 Å². The van der Waals surface area contributed by atoms with Gasteiger partial charge >= 0.3 is 0 Å². The number of Topliss-reactive ketones (excluding diaryl/α,β-unsaturated/α-hetero) is 1. The second kappa shape index (κ2) is 8.87. The zero-order valence-corrected chi connectivity index (χ0v) is 17.1. The number of benzene rings is 2. The number of nitrogens with zero attached hydrogens (tertiary/aromatic N) is 3. The van der Waals surface area contributed by atoms with Gasteiger partial charge in [0, 0.05) is 31.0 Å². The number of imidazole rings is 1. The minimum atomic E-state index is -0.684. The third kappa shape index (κ3) is 4.07. The summed E-state index contributed by atoms with van der Waals surface area (Å²) in [6, 6.07) is 15.4. The molecular formula is C24H23N3O4. The van der Waals surface area contributed by atoms with Crippen LogP contribution in [0.1, 0.15) is 23.6 Å². The van der Waals surface area contributed by atoms with Crippen molar-refractivity contribution in [1.82, 2.24) is 14.5 Å². The molecule has 7 heteroatoms. The lowest BCUT2D eigenvalue weighted by Gasteiger charge is -2.25. The van der Waals surface area contributed by atoms with Crippen LogP contribution in [0.25, 0.3) is 5.76 Å². The van der Waals surface area contributed by atoms with Crippen molar-refractivity contribution in [3.8, 4) is 5.75 Å². The fourth-order valence-corrected chi connectivity index (χ4v) is 3.86. The van der Waals surface area contributed by atoms with Crippen molar-refractivity contribution in [2.45, 2.75) is 19.0 Å². The zero-order chi connectivity index (χ0) is 21.8. The first kappa shape index (κ1) is 20.4. The van der Waals surface area contributed by atoms with E-state index < -0.39 is 17.7 Å². The Balaban J connectivity index is 1.72. The molecule has 7 nitrogen and oxygen atoms in total. The molecule has 2 heterocycles. The number of carbonyl (C=O) groups is 2. The van der Waals surface area contributed by atoms with Crippen molar-refractivity contribution in [1.29, 1.82) is 0 Å². The number of hydrogen-bond donors (Lipinski definition) is 1. The second-order valence-electron chi connectivity index (χ2n) is 7.29. The number of aromatic nitrogens is 2. The van der Waals surface area contributed by atoms with Crippen molar-refractivity contribution in [2.75, 3.05) is 13.7 Å². The van der Waals surface area contributed by atoms with Crippen LogP contribution in [0, 0.1) is 0 Å². The van der Waals surface area contributed by atoms with Crippen LogP contribution in [-0.4, -0.2) is 44.9 Å². The van der Waals surface area contributed by atoms with Gasteiger partial charge in [-0.15, -0.1) is 0 Å². The lowest BCUT2D eigenvalue weighted by atomic mass is 9.95. The molecule has 0 saturated carbocycles. The molecule has 1 amide bonds. The van der Waals surface area contributed by atoms with Gasteiger partial charge in [0.15, 0.2) is 0 Å². The van der Waals surface area contributed by atoms with E-state index in [0.717, 1.165) is 5.56 Å². The maximum atomic E-state index is 13.0. The van der Waals surface area contributed by atoms with Gasteiger partial charge in [0.2, 0.25) is 0 Å². The quantitative estimate of drug-likeness (QED) is 0.362. The Morgan fingerprint density at radius 3 is 2.61 bits per heavy atom. The molecule has 1 N–H and O–H groups in total. The highest BCUT2D eigenvalue weighted by Gasteiger charge is 2.45. The van der Waals surface area contributed by atoms with Gasteiger partial charge in [0.1, 0.15) is 11.5 Å². The number of likely N-dealkylation sites (tertiary alicyclic amines) is 1. The Labute approximate surface area is 180 Å². The summed E-state index contributed by atoms with van der Waals surface area (Å²) in [7, 11) is 1.53. The largest absolute Gasteiger partial charge is 0.507 e. The number of aliphatic hydroxyl groups is 1. The van der Waals surface area contributed by atoms with Gasteiger partial charge in [-0.2, -0.15) is 0 Å². The molecule has 3 aromatic rings. The van der Waals surface area contributed by atoms with E-state index in [0.29, 0.717) is 30.8 Å². The molecule has 1 fully saturated rings. The number of carbonyl (C=O) groups excluding carboxylic acids is 2. The van der Waals surface area contributed by atoms with E-state index in [1.165, 1.54) is 7.11 Å². The van der Waals surface area contributed by atoms with Gasteiger partial charge in [-0.3, -0.25) is 9.59 Å². The van der Waals surface area contributed by atoms with E-state index in [1.807, 2.05) is 41.1 Å². The van der Waals surface area contributed by atoms with Crippen LogP contribution < -0.4 is 4.74 Å². The van der Waals surface area contributed by atoms with Gasteiger partial charge in [-0.25, -0.2) is 4.98 Å². The summed E-state index contributed by atoms with van der Waals surface area (Å²) in [5.41, 5.74) is 1.29. The Morgan fingerprint density at radius 2 is 1.90 bits per heavy atom. The summed E-state index contributed by atoms with van der Waals surface area (Å²) in [4.78, 5) is 31.5. The lowest BCUT2D eigenvalue weighted by molar-refractivity contribution is -0.139. The third-order valence-corrected chi connectivity index (χ3v) is 5.37. The maximum absolute atomic E-state index is 13.0. The minimum absolute atomic E-state index is 0.0899. The Kier molecular flexibility index (Phi) is 5.84. The highest BCUT2D eigenvalue weighted by molar-refractivity contribution is 6.46. The molecule has 1 saturated heterocycles. The van der Waals surface area contributed by atoms with Crippen molar-refractivity contribution in [3.63, 3.8) is 0 Å². The smallest absolute Gasteiger partial charge is 0.295 e. The molecule has 0 aliphatic carbocycles. The van der Waals surface area contributed by atoms with Gasteiger partial charge in [0.05, 0.1) is 25.1 Å². The number of hydrogen-bond acceptors (Lipinski definition) is 5. The topological polar surface area (TPSA) is 84.7 Å². The fourth-order valence-electron chi connectivity index (χ4n) is 3.86. The Morgan fingerprint density at radius 1 is 1.10 bits per heavy atom. The Hall–Kier alpha value is -3.87. The maximum Gasteiger partial charge on any atom is 0.295 e. The average Bonchev–Trinajstić information content (AvgIpc) is 3.41. The Bertz CT molecular complexity index is 1110. The summed E-state index contributed by atoms with van der Waals surface area (Å²) in [6.45, 7) is 1.04. The summed E-state index contributed by atoms with van der Waals surface area (Å²) < 4.78 is 7.15. The number of aliphatic hydroxyl groups excluding tert-OH is 1. The van der Waals surface area contributed by atoms with Crippen molar-refractivity contribution < 1.29 is 19.4 Å². The van der Waals surface area contributed by atoms with E-state index in [2.05, 4.69) is 4.98 Å². The molecular weight excluding hydrogens is 394 g/mol. The summed E-state index contributed by atoms with van der Waals surface area (Å²) in [5.74, 6) is -0.946. The average molecular weight is 417 g/mol. The normalized spacial score (nSPS) is 17.8. The van der Waals surface area contributed by atoms with Crippen LogP contribution in [0.15, 0.2) is 78.9 Å². The van der Waals surface area contributed by atoms with Crippen molar-refractivity contribution in [3.05, 3.63) is 90.0 Å². The second-order valence-corrected chi connectivity index (χ2v) is 7.29. The standard InChI is InChI=1S/C24H23N3O4/c1-31-19-10-5-9-18(15-19)22(28)20-21(17-7-3-2-4-8-17)27(24(30)23(20)29)13-6-12-26-14-11-25-16-26/h2-5,7-11,14-16,21,28H,6,12-13H2,1H3/t21-/m0/s1. The predicted molar refractivity (Wildman–Crippen MR) is 115 cm³/mol. The van der Waals surface area contributed by atoms with Gasteiger partial charge in [-0.1, -0.05) is 42.5 Å². The minimum Gasteiger partial charge on any atom is -0.507 e. The SMILES string of the molecule is COc1cccc(C(O)=C2C(=O)C(=O)N(CCCn3ccnc3)[C@H]2c2ccccc2)c1. The van der Waals surface area contributed by atoms with Crippen molar-refractivity contribution >= 4 is 17.4 Å². The molecule has 31 heavy (non-hydrogen) atoms. The van der Waals surface area contributed by atoms with E-state index in [4.69, 9.17) is 4.74 Å². The summed E-state index contributed by atoms with van der Waals surface area (Å²) in [5, 5.41) is 11.1. The number of ether oxygens (including phenoxy) is 1. The molecule has 4 rings (SSSR count). The number of aryl methyl sites for hydroxylation is 1. The third-order valence-electron chi connectivity index (χ3n) is 5.37. The van der Waals surface area contributed by atoms with E-state index in [9.17, 15) is 14.7 Å². The zero-order valence-electron chi connectivity index (χ0n) is 17.1. The van der Waals surface area contributed by atoms with Crippen LogP contribution in [0.3, 0.4) is 0 Å². The first-order valence-corrected chi connectivity index (χ1v) is 10.0. The molecule has 1 aromatic heterocycles. The molecule has 0 radical (unpaired) electrons. The molecule has 0 unspecified atom stereocenters. The van der Waals surface area contributed by atoms with Crippen LogP contribution in [-0.2, 0) is 16.1 Å². The molecule has 1 aliphatic heterocycles. The van der Waals surface area contributed by atoms with E-state index in [1.54, 1.807) is 41.7 Å². The number of methoxy groups -OCH3 is 1. The first-order chi connectivity index (χ1) is 15.1. The summed E-state index contributed by atoms with van der Waals surface area (Å²) >= 11 is 0. The first-order valence-electron chi connectivity index (χ1n) is 10.0. The van der Waals surface area contributed by atoms with Crippen LogP contribution in [0.4, 0.5) is 0 Å². The fraction of sp³-hybridized carbons (Fsp3) is 0.208. The predicted octanol–water partition coefficient (Wildman–Crippen LogP) is 3.40. The molecule has 0 bridgehead atoms. The monoisotopic (exact) mass is 417 g/mol. The molecule has 2 aromatic carbocycles. The number of ketones is 1. The highest BCUT2D eigenvalue weighted by atomic mass is 16.5. The molecule has 1 atom stereocenters. The number of amides is 1. The highest BCUT2D eigenvalue weighted by Crippen LogP contribution is 2.39. The van der Waals surface area contributed by atoms with Gasteiger partial charge < -0.3 is 19.3 Å². The van der Waals surface area contributed by atoms with Gasteiger partial charge in [0.25, 0.3) is 11.7 Å². The van der Waals surface area contributed by atoms with Crippen molar-refractivity contribution in [2.24, 2.45) is 0 Å². The lowest BCUT2D eigenvalue weighted by Crippen LogP contribution is -2.31. The van der Waals surface area contributed by atoms with Gasteiger partial charge in [-0.05, 0) is 24.1 Å². The van der Waals surface area contributed by atoms with E-state index in [-0.39, 0.29) is 11.3 Å². The van der Waals surface area contributed by atoms with E-state index >= 15 is 0 Å². The van der Waals surface area contributed by atoms with Crippen LogP contribution in [0.2, 0.25) is 0 Å². The summed E-state index contributed by atoms with van der Waals surface area (Å²) in [6.07, 6.45) is 5.91. The molecule has 158 valence electrons. The molecule has 0 spiro atoms.